The molecule has 0 atom stereocenters. The molecular formula is C12H19N3OS. The van der Waals surface area contributed by atoms with Gasteiger partial charge in [0, 0.05) is 11.3 Å². The SMILES string of the molecule is CC(C)c1nn2c(CO)c(C(C)(C)C)nc2s1. The Labute approximate surface area is 105 Å². The molecule has 0 unspecified atom stereocenters. The quantitative estimate of drug-likeness (QED) is 0.895. The highest BCUT2D eigenvalue weighted by Gasteiger charge is 2.25. The monoisotopic (exact) mass is 253 g/mol. The first-order valence-corrected chi connectivity index (χ1v) is 6.66. The predicted octanol–water partition coefficient (Wildman–Crippen LogP) is 2.70. The normalized spacial score (nSPS) is 12.9. The third-order valence-corrected chi connectivity index (χ3v) is 3.88. The Morgan fingerprint density at radius 2 is 2.00 bits per heavy atom. The zero-order chi connectivity index (χ0) is 12.8. The van der Waals surface area contributed by atoms with Gasteiger partial charge in [0.15, 0.2) is 0 Å². The molecule has 2 rings (SSSR count). The third-order valence-electron chi connectivity index (χ3n) is 2.67. The summed E-state index contributed by atoms with van der Waals surface area (Å²) in [6, 6.07) is 0. The standard InChI is InChI=1S/C12H19N3OS/c1-7(2)10-14-15-8(6-16)9(12(3,4)5)13-11(15)17-10/h7,16H,6H2,1-5H3. The minimum atomic E-state index is -0.0660. The van der Waals surface area contributed by atoms with Gasteiger partial charge in [-0.15, -0.1) is 0 Å². The van der Waals surface area contributed by atoms with Crippen molar-refractivity contribution in [2.24, 2.45) is 0 Å². The lowest BCUT2D eigenvalue weighted by atomic mass is 9.91. The average Bonchev–Trinajstić information content (AvgIpc) is 2.71. The van der Waals surface area contributed by atoms with Crippen molar-refractivity contribution in [2.45, 2.75) is 52.6 Å². The van der Waals surface area contributed by atoms with E-state index in [1.54, 1.807) is 15.9 Å². The molecule has 0 aromatic carbocycles. The van der Waals surface area contributed by atoms with Gasteiger partial charge in [-0.05, 0) is 0 Å². The lowest BCUT2D eigenvalue weighted by Gasteiger charge is -2.16. The molecular weight excluding hydrogens is 234 g/mol. The molecule has 2 aromatic heterocycles. The van der Waals surface area contributed by atoms with E-state index in [0.29, 0.717) is 5.92 Å². The Bertz CT molecular complexity index is 534. The number of hydrogen-bond donors (Lipinski definition) is 1. The van der Waals surface area contributed by atoms with Gasteiger partial charge in [0.05, 0.1) is 18.0 Å². The van der Waals surface area contributed by atoms with Crippen LogP contribution in [0.3, 0.4) is 0 Å². The molecule has 0 aliphatic carbocycles. The van der Waals surface area contributed by atoms with Crippen molar-refractivity contribution < 1.29 is 5.11 Å². The number of rotatable bonds is 2. The summed E-state index contributed by atoms with van der Waals surface area (Å²) in [6.45, 7) is 10.5. The molecule has 17 heavy (non-hydrogen) atoms. The van der Waals surface area contributed by atoms with Crippen LogP contribution in [0.1, 0.15) is 56.9 Å². The molecule has 2 aromatic rings. The maximum atomic E-state index is 9.52. The summed E-state index contributed by atoms with van der Waals surface area (Å²) in [5.41, 5.74) is 1.69. The van der Waals surface area contributed by atoms with Gasteiger partial charge in [-0.2, -0.15) is 5.10 Å². The van der Waals surface area contributed by atoms with E-state index in [0.717, 1.165) is 21.4 Å². The highest BCUT2D eigenvalue weighted by Crippen LogP contribution is 2.30. The van der Waals surface area contributed by atoms with E-state index < -0.39 is 0 Å². The van der Waals surface area contributed by atoms with Gasteiger partial charge in [-0.1, -0.05) is 46.0 Å². The summed E-state index contributed by atoms with van der Waals surface area (Å²) in [6.07, 6.45) is 0. The number of aromatic nitrogens is 3. The van der Waals surface area contributed by atoms with Crippen molar-refractivity contribution in [3.63, 3.8) is 0 Å². The second-order valence-electron chi connectivity index (χ2n) is 5.60. The number of imidazole rings is 1. The molecule has 0 fully saturated rings. The van der Waals surface area contributed by atoms with Gasteiger partial charge in [0.2, 0.25) is 4.96 Å². The smallest absolute Gasteiger partial charge is 0.212 e. The van der Waals surface area contributed by atoms with E-state index in [1.807, 2.05) is 0 Å². The lowest BCUT2D eigenvalue weighted by Crippen LogP contribution is -2.15. The van der Waals surface area contributed by atoms with Crippen LogP contribution >= 0.6 is 11.3 Å². The van der Waals surface area contributed by atoms with E-state index >= 15 is 0 Å². The fourth-order valence-corrected chi connectivity index (χ4v) is 2.70. The van der Waals surface area contributed by atoms with Gasteiger partial charge >= 0.3 is 0 Å². The van der Waals surface area contributed by atoms with Crippen LogP contribution in [0.2, 0.25) is 0 Å². The number of aliphatic hydroxyl groups excluding tert-OH is 1. The van der Waals surface area contributed by atoms with Gasteiger partial charge < -0.3 is 5.11 Å². The van der Waals surface area contributed by atoms with E-state index in [1.165, 1.54) is 0 Å². The summed E-state index contributed by atoms with van der Waals surface area (Å²) in [7, 11) is 0. The van der Waals surface area contributed by atoms with Crippen molar-refractivity contribution in [1.29, 1.82) is 0 Å². The van der Waals surface area contributed by atoms with E-state index in [-0.39, 0.29) is 12.0 Å². The predicted molar refractivity (Wildman–Crippen MR) is 69.6 cm³/mol. The first kappa shape index (κ1) is 12.5. The highest BCUT2D eigenvalue weighted by molar-refractivity contribution is 7.16. The first-order valence-electron chi connectivity index (χ1n) is 5.84. The van der Waals surface area contributed by atoms with Crippen LogP contribution in [0.25, 0.3) is 4.96 Å². The third kappa shape index (κ3) is 2.09. The van der Waals surface area contributed by atoms with Gasteiger partial charge in [0.1, 0.15) is 5.01 Å². The van der Waals surface area contributed by atoms with Crippen molar-refractivity contribution in [3.8, 4) is 0 Å². The summed E-state index contributed by atoms with van der Waals surface area (Å²) in [5.74, 6) is 0.395. The molecule has 0 saturated carbocycles. The largest absolute Gasteiger partial charge is 0.390 e. The molecule has 5 heteroatoms. The first-order chi connectivity index (χ1) is 7.84. The topological polar surface area (TPSA) is 50.4 Å². The molecule has 0 aliphatic heterocycles. The van der Waals surface area contributed by atoms with Crippen LogP contribution in [0.4, 0.5) is 0 Å². The van der Waals surface area contributed by atoms with Gasteiger partial charge in [-0.3, -0.25) is 0 Å². The summed E-state index contributed by atoms with van der Waals surface area (Å²) >= 11 is 1.60. The average molecular weight is 253 g/mol. The molecule has 0 saturated heterocycles. The Balaban J connectivity index is 2.63. The molecule has 0 aliphatic rings. The van der Waals surface area contributed by atoms with Crippen LogP contribution in [-0.4, -0.2) is 19.7 Å². The van der Waals surface area contributed by atoms with E-state index in [9.17, 15) is 5.11 Å². The van der Waals surface area contributed by atoms with Crippen molar-refractivity contribution >= 4 is 16.3 Å². The Kier molecular flexibility index (Phi) is 2.99. The highest BCUT2D eigenvalue weighted by atomic mass is 32.1. The van der Waals surface area contributed by atoms with E-state index in [2.05, 4.69) is 44.7 Å². The second-order valence-corrected chi connectivity index (χ2v) is 6.59. The Morgan fingerprint density at radius 3 is 2.47 bits per heavy atom. The molecule has 1 N–H and O–H groups in total. The molecule has 0 spiro atoms. The van der Waals surface area contributed by atoms with Crippen LogP contribution < -0.4 is 0 Å². The molecule has 0 bridgehead atoms. The number of aliphatic hydroxyl groups is 1. The van der Waals surface area contributed by atoms with Gasteiger partial charge in [0.25, 0.3) is 0 Å². The lowest BCUT2D eigenvalue weighted by molar-refractivity contribution is 0.270. The molecule has 94 valence electrons. The zero-order valence-electron chi connectivity index (χ0n) is 11.0. The van der Waals surface area contributed by atoms with Crippen molar-refractivity contribution in [2.75, 3.05) is 0 Å². The van der Waals surface area contributed by atoms with Crippen molar-refractivity contribution in [1.82, 2.24) is 14.6 Å². The summed E-state index contributed by atoms with van der Waals surface area (Å²) in [5, 5.41) is 15.1. The number of fused-ring (bicyclic) bond motifs is 1. The van der Waals surface area contributed by atoms with Crippen LogP contribution in [0, 0.1) is 0 Å². The molecule has 0 amide bonds. The fraction of sp³-hybridized carbons (Fsp3) is 0.667. The minimum Gasteiger partial charge on any atom is -0.390 e. The summed E-state index contributed by atoms with van der Waals surface area (Å²) < 4.78 is 1.79. The maximum Gasteiger partial charge on any atom is 0.212 e. The molecule has 4 nitrogen and oxygen atoms in total. The van der Waals surface area contributed by atoms with Gasteiger partial charge in [-0.25, -0.2) is 9.50 Å². The molecule has 0 radical (unpaired) electrons. The van der Waals surface area contributed by atoms with E-state index in [4.69, 9.17) is 0 Å². The minimum absolute atomic E-state index is 0.0188. The number of nitrogens with zero attached hydrogens (tertiary/aromatic N) is 3. The number of hydrogen-bond acceptors (Lipinski definition) is 4. The van der Waals surface area contributed by atoms with Crippen LogP contribution in [0.5, 0.6) is 0 Å². The second kappa shape index (κ2) is 4.07. The van der Waals surface area contributed by atoms with Crippen LogP contribution in [-0.2, 0) is 12.0 Å². The molecule has 2 heterocycles. The van der Waals surface area contributed by atoms with Crippen molar-refractivity contribution in [3.05, 3.63) is 16.4 Å². The zero-order valence-corrected chi connectivity index (χ0v) is 11.8. The Hall–Kier alpha value is -0.940. The van der Waals surface area contributed by atoms with Crippen LogP contribution in [0.15, 0.2) is 0 Å². The maximum absolute atomic E-state index is 9.52. The Morgan fingerprint density at radius 1 is 1.35 bits per heavy atom. The fourth-order valence-electron chi connectivity index (χ4n) is 1.78. The summed E-state index contributed by atoms with van der Waals surface area (Å²) in [4.78, 5) is 5.49.